The molecule has 0 saturated heterocycles. The van der Waals surface area contributed by atoms with Crippen molar-refractivity contribution in [2.45, 2.75) is 19.5 Å². The minimum Gasteiger partial charge on any atom is -0.477 e. The first-order valence-electron chi connectivity index (χ1n) is 5.60. The van der Waals surface area contributed by atoms with Gasteiger partial charge < -0.3 is 10.2 Å². The topological polar surface area (TPSA) is 110 Å². The smallest absolute Gasteiger partial charge is 0.354 e. The van der Waals surface area contributed by atoms with Gasteiger partial charge in [-0.25, -0.2) is 9.59 Å². The third-order valence-corrected chi connectivity index (χ3v) is 2.61. The predicted molar refractivity (Wildman–Crippen MR) is 63.0 cm³/mol. The second-order valence-electron chi connectivity index (χ2n) is 3.84. The molecule has 2 aromatic heterocycles. The Kier molecular flexibility index (Phi) is 3.60. The van der Waals surface area contributed by atoms with E-state index >= 15 is 0 Å². The van der Waals surface area contributed by atoms with E-state index in [9.17, 15) is 9.59 Å². The van der Waals surface area contributed by atoms with Crippen LogP contribution in [0, 0.1) is 0 Å². The molecule has 0 aliphatic heterocycles. The van der Waals surface area contributed by atoms with Gasteiger partial charge in [-0.3, -0.25) is 9.36 Å². The van der Waals surface area contributed by atoms with Crippen molar-refractivity contribution in [2.24, 2.45) is 0 Å². The highest BCUT2D eigenvalue weighted by molar-refractivity contribution is 5.85. The molecule has 0 aromatic carbocycles. The number of carbonyl (C=O) groups is 2. The maximum atomic E-state index is 10.9. The minimum atomic E-state index is -1.04. The number of aromatic nitrogens is 4. The molecule has 0 amide bonds. The molecule has 2 N–H and O–H groups in total. The molecule has 8 nitrogen and oxygen atoms in total. The first-order valence-corrected chi connectivity index (χ1v) is 5.60. The Morgan fingerprint density at radius 3 is 1.74 bits per heavy atom. The Balaban J connectivity index is 1.97. The minimum absolute atomic E-state index is 0.110. The lowest BCUT2D eigenvalue weighted by molar-refractivity contribution is 0.0674. The molecule has 2 heterocycles. The average molecular weight is 264 g/mol. The summed E-state index contributed by atoms with van der Waals surface area (Å²) in [5.41, 5.74) is 0.220. The summed E-state index contributed by atoms with van der Waals surface area (Å²) >= 11 is 0. The van der Waals surface area contributed by atoms with Crippen molar-refractivity contribution in [1.82, 2.24) is 19.6 Å². The molecule has 100 valence electrons. The standard InChI is InChI=1S/C11H12N4O4/c16-10(17)8-2-4-12-14(8)6-1-7-15-9(11(18)19)3-5-13-15/h2-5H,1,6-7H2,(H,16,17)(H,18,19). The van der Waals surface area contributed by atoms with Crippen molar-refractivity contribution in [3.63, 3.8) is 0 Å². The summed E-state index contributed by atoms with van der Waals surface area (Å²) in [5, 5.41) is 25.6. The zero-order valence-electron chi connectivity index (χ0n) is 9.93. The van der Waals surface area contributed by atoms with Gasteiger partial charge in [0.05, 0.1) is 0 Å². The molecule has 2 aromatic rings. The molecule has 0 unspecified atom stereocenters. The fraction of sp³-hybridized carbons (Fsp3) is 0.273. The van der Waals surface area contributed by atoms with Gasteiger partial charge in [0.2, 0.25) is 0 Å². The van der Waals surface area contributed by atoms with E-state index in [0.29, 0.717) is 19.5 Å². The molecule has 2 rings (SSSR count). The van der Waals surface area contributed by atoms with Crippen LogP contribution in [0.1, 0.15) is 27.4 Å². The van der Waals surface area contributed by atoms with Gasteiger partial charge in [0.25, 0.3) is 0 Å². The van der Waals surface area contributed by atoms with Crippen LogP contribution < -0.4 is 0 Å². The Morgan fingerprint density at radius 1 is 0.947 bits per heavy atom. The van der Waals surface area contributed by atoms with Crippen molar-refractivity contribution < 1.29 is 19.8 Å². The van der Waals surface area contributed by atoms with Crippen LogP contribution in [0.2, 0.25) is 0 Å². The number of rotatable bonds is 6. The zero-order chi connectivity index (χ0) is 13.8. The van der Waals surface area contributed by atoms with Crippen LogP contribution in [-0.2, 0) is 13.1 Å². The van der Waals surface area contributed by atoms with Crippen molar-refractivity contribution in [2.75, 3.05) is 0 Å². The van der Waals surface area contributed by atoms with Crippen molar-refractivity contribution in [3.05, 3.63) is 35.9 Å². The molecule has 0 fully saturated rings. The van der Waals surface area contributed by atoms with Gasteiger partial charge in [-0.2, -0.15) is 10.2 Å². The van der Waals surface area contributed by atoms with Crippen molar-refractivity contribution >= 4 is 11.9 Å². The number of nitrogens with zero attached hydrogens (tertiary/aromatic N) is 4. The first-order chi connectivity index (χ1) is 9.09. The number of carboxylic acids is 2. The van der Waals surface area contributed by atoms with Gasteiger partial charge in [0.1, 0.15) is 11.4 Å². The van der Waals surface area contributed by atoms with Crippen LogP contribution >= 0.6 is 0 Å². The first kappa shape index (κ1) is 12.8. The van der Waals surface area contributed by atoms with Gasteiger partial charge >= 0.3 is 11.9 Å². The van der Waals surface area contributed by atoms with Gasteiger partial charge in [-0.1, -0.05) is 0 Å². The largest absolute Gasteiger partial charge is 0.477 e. The SMILES string of the molecule is O=C(O)c1ccnn1CCCn1nccc1C(=O)O. The number of hydrogen-bond acceptors (Lipinski definition) is 4. The van der Waals surface area contributed by atoms with Crippen LogP contribution in [0.25, 0.3) is 0 Å². The number of aryl methyl sites for hydroxylation is 2. The molecule has 0 aliphatic rings. The highest BCUT2D eigenvalue weighted by Crippen LogP contribution is 2.04. The van der Waals surface area contributed by atoms with Crippen LogP contribution in [-0.4, -0.2) is 41.7 Å². The van der Waals surface area contributed by atoms with Crippen LogP contribution in [0.4, 0.5) is 0 Å². The molecule has 19 heavy (non-hydrogen) atoms. The molecule has 0 atom stereocenters. The van der Waals surface area contributed by atoms with E-state index in [4.69, 9.17) is 10.2 Å². The lowest BCUT2D eigenvalue weighted by Crippen LogP contribution is -2.14. The lowest BCUT2D eigenvalue weighted by Gasteiger charge is -2.06. The Hall–Kier alpha value is -2.64. The normalized spacial score (nSPS) is 10.5. The third-order valence-electron chi connectivity index (χ3n) is 2.61. The van der Waals surface area contributed by atoms with Crippen LogP contribution in [0.3, 0.4) is 0 Å². The summed E-state index contributed by atoms with van der Waals surface area (Å²) in [7, 11) is 0. The van der Waals surface area contributed by atoms with E-state index in [1.807, 2.05) is 0 Å². The third kappa shape index (κ3) is 2.79. The monoisotopic (exact) mass is 264 g/mol. The second-order valence-corrected chi connectivity index (χ2v) is 3.84. The quantitative estimate of drug-likeness (QED) is 0.789. The van der Waals surface area contributed by atoms with Crippen molar-refractivity contribution in [1.29, 1.82) is 0 Å². The van der Waals surface area contributed by atoms with E-state index in [2.05, 4.69) is 10.2 Å². The molecule has 0 bridgehead atoms. The van der Waals surface area contributed by atoms with Crippen LogP contribution in [0.5, 0.6) is 0 Å². The fourth-order valence-electron chi connectivity index (χ4n) is 1.76. The van der Waals surface area contributed by atoms with Crippen LogP contribution in [0.15, 0.2) is 24.5 Å². The fourth-order valence-corrected chi connectivity index (χ4v) is 1.76. The highest BCUT2D eigenvalue weighted by Gasteiger charge is 2.11. The van der Waals surface area contributed by atoms with Crippen molar-refractivity contribution in [3.8, 4) is 0 Å². The van der Waals surface area contributed by atoms with E-state index in [-0.39, 0.29) is 11.4 Å². The van der Waals surface area contributed by atoms with Gasteiger partial charge in [-0.15, -0.1) is 0 Å². The lowest BCUT2D eigenvalue weighted by atomic mass is 10.3. The highest BCUT2D eigenvalue weighted by atomic mass is 16.4. The van der Waals surface area contributed by atoms with E-state index in [1.54, 1.807) is 0 Å². The molecular formula is C11H12N4O4. The average Bonchev–Trinajstić information content (AvgIpc) is 2.96. The summed E-state index contributed by atoms with van der Waals surface area (Å²) in [6, 6.07) is 2.83. The maximum absolute atomic E-state index is 10.9. The molecule has 0 radical (unpaired) electrons. The predicted octanol–water partition coefficient (Wildman–Crippen LogP) is 0.566. The summed E-state index contributed by atoms with van der Waals surface area (Å²) in [6.07, 6.45) is 3.37. The number of carboxylic acid groups (broad SMARTS) is 2. The summed E-state index contributed by atoms with van der Waals surface area (Å²) < 4.78 is 2.73. The Morgan fingerprint density at radius 2 is 1.37 bits per heavy atom. The van der Waals surface area contributed by atoms with E-state index in [0.717, 1.165) is 0 Å². The molecule has 0 saturated carbocycles. The number of aromatic carboxylic acids is 2. The van der Waals surface area contributed by atoms with E-state index in [1.165, 1.54) is 33.9 Å². The molecule has 8 heteroatoms. The zero-order valence-corrected chi connectivity index (χ0v) is 9.93. The number of hydrogen-bond donors (Lipinski definition) is 2. The summed E-state index contributed by atoms with van der Waals surface area (Å²) in [5.74, 6) is -2.08. The maximum Gasteiger partial charge on any atom is 0.354 e. The van der Waals surface area contributed by atoms with E-state index < -0.39 is 11.9 Å². The molecule has 0 aliphatic carbocycles. The second kappa shape index (κ2) is 5.34. The summed E-state index contributed by atoms with van der Waals surface area (Å²) in [4.78, 5) is 21.7. The van der Waals surface area contributed by atoms with Gasteiger partial charge in [-0.05, 0) is 18.6 Å². The molecular weight excluding hydrogens is 252 g/mol. The Bertz CT molecular complexity index is 549. The molecule has 0 spiro atoms. The summed E-state index contributed by atoms with van der Waals surface area (Å²) in [6.45, 7) is 0.765. The Labute approximate surface area is 107 Å². The van der Waals surface area contributed by atoms with Gasteiger partial charge in [0, 0.05) is 25.5 Å². The van der Waals surface area contributed by atoms with Gasteiger partial charge in [0.15, 0.2) is 0 Å².